The number of primary amides is 1. The molecule has 0 aliphatic carbocycles. The summed E-state index contributed by atoms with van der Waals surface area (Å²) in [5.41, 5.74) is 1.58. The van der Waals surface area contributed by atoms with Crippen molar-refractivity contribution < 1.29 is 23.0 Å². The molecule has 0 fully saturated rings. The molecule has 12 heavy (non-hydrogen) atoms. The zero-order valence-electron chi connectivity index (χ0n) is 7.57. The average molecular weight is 198 g/mol. The molecule has 0 aromatic heterocycles. The molecule has 0 rings (SSSR count). The highest BCUT2D eigenvalue weighted by Gasteiger charge is 2.10. The molecule has 7 heteroatoms. The Morgan fingerprint density at radius 3 is 2.75 bits per heavy atom. The van der Waals surface area contributed by atoms with Crippen molar-refractivity contribution in [3.05, 3.63) is 0 Å². The molecule has 0 aromatic rings. The van der Waals surface area contributed by atoms with Crippen molar-refractivity contribution in [1.29, 1.82) is 0 Å². The molecule has 0 saturated carbocycles. The van der Waals surface area contributed by atoms with Crippen LogP contribution >= 0.6 is 0 Å². The highest BCUT2D eigenvalue weighted by atomic mass is 32.3. The van der Waals surface area contributed by atoms with E-state index in [9.17, 15) is 13.2 Å². The lowest BCUT2D eigenvalue weighted by molar-refractivity contribution is -0.118. The fraction of sp³-hybridized carbons (Fsp3) is 0.800. The van der Waals surface area contributed by atoms with Gasteiger partial charge in [0.25, 0.3) is 0 Å². The van der Waals surface area contributed by atoms with E-state index in [4.69, 9.17) is 1.41 Å². The van der Waals surface area contributed by atoms with Gasteiger partial charge in [0.1, 0.15) is 0 Å². The summed E-state index contributed by atoms with van der Waals surface area (Å²) in [6.45, 7) is 1.15. The number of carbonyl (C=O) groups excluding carboxylic acids is 1. The maximum Gasteiger partial charge on any atom is 0.399 e. The topological polar surface area (TPSA) is 95.7 Å². The molecule has 1 amide bonds. The standard InChI is InChI=1S/C5H11NO5S/c1-2-10-12(8,9)11-4-3-5(6)7/h2-4H2,1H3,(H2,6,7)/i/hD. The van der Waals surface area contributed by atoms with Gasteiger partial charge in [0, 0.05) is 0 Å². The molecule has 6 nitrogen and oxygen atoms in total. The molecule has 0 radical (unpaired) electrons. The van der Waals surface area contributed by atoms with Crippen LogP contribution in [0, 0.1) is 0 Å². The third-order valence-corrected chi connectivity index (χ3v) is 1.80. The smallest absolute Gasteiger partial charge is 0.370 e. The molecule has 0 unspecified atom stereocenters. The molecular weight excluding hydrogens is 186 g/mol. The van der Waals surface area contributed by atoms with Gasteiger partial charge < -0.3 is 5.73 Å². The second-order valence-corrected chi connectivity index (χ2v) is 3.10. The van der Waals surface area contributed by atoms with Crippen molar-refractivity contribution in [3.8, 4) is 0 Å². The van der Waals surface area contributed by atoms with Crippen LogP contribution in [0.1, 0.15) is 13.3 Å². The van der Waals surface area contributed by atoms with Gasteiger partial charge in [-0.25, -0.2) is 8.37 Å². The number of hydrogen-bond acceptors (Lipinski definition) is 5. The summed E-state index contributed by atoms with van der Waals surface area (Å²) in [5, 5.41) is 0. The zero-order chi connectivity index (χ0) is 10.3. The summed E-state index contributed by atoms with van der Waals surface area (Å²) in [6, 6.07) is 0. The Morgan fingerprint density at radius 1 is 1.58 bits per heavy atom. The second kappa shape index (κ2) is 5.07. The Labute approximate surface area is 72.4 Å². The molecule has 0 aromatic carbocycles. The summed E-state index contributed by atoms with van der Waals surface area (Å²) in [4.78, 5) is 10.4. The first-order valence-electron chi connectivity index (χ1n) is 3.76. The molecule has 0 aliphatic heterocycles. The maximum atomic E-state index is 10.7. The Bertz CT molecular complexity index is 252. The molecule has 0 atom stereocenters. The second-order valence-electron chi connectivity index (χ2n) is 1.81. The Kier molecular flexibility index (Phi) is 3.98. The highest BCUT2D eigenvalue weighted by molar-refractivity contribution is 7.81. The van der Waals surface area contributed by atoms with Crippen LogP contribution in [0.25, 0.3) is 0 Å². The van der Waals surface area contributed by atoms with E-state index in [0.717, 1.165) is 0 Å². The summed E-state index contributed by atoms with van der Waals surface area (Å²) >= 11 is 0. The Balaban J connectivity index is 3.70. The lowest BCUT2D eigenvalue weighted by atomic mass is 10.4. The van der Waals surface area contributed by atoms with Crippen molar-refractivity contribution in [1.82, 2.24) is 0 Å². The van der Waals surface area contributed by atoms with Crippen LogP contribution < -0.4 is 5.73 Å². The van der Waals surface area contributed by atoms with E-state index in [0.29, 0.717) is 0 Å². The largest absolute Gasteiger partial charge is 0.399 e. The van der Waals surface area contributed by atoms with Crippen LogP contribution in [0.3, 0.4) is 0 Å². The minimum absolute atomic E-state index is 0.0209. The number of hydrogen-bond donors (Lipinski definition) is 1. The van der Waals surface area contributed by atoms with Gasteiger partial charge in [-0.1, -0.05) is 0 Å². The van der Waals surface area contributed by atoms with Crippen LogP contribution in [-0.4, -0.2) is 27.5 Å². The van der Waals surface area contributed by atoms with Gasteiger partial charge in [-0.05, 0) is 6.92 Å². The van der Waals surface area contributed by atoms with Gasteiger partial charge in [-0.15, -0.1) is 0 Å². The minimum Gasteiger partial charge on any atom is -0.370 e. The van der Waals surface area contributed by atoms with Crippen molar-refractivity contribution in [2.45, 2.75) is 13.3 Å². The van der Waals surface area contributed by atoms with Crippen molar-refractivity contribution in [2.24, 2.45) is 5.73 Å². The molecule has 0 spiro atoms. The van der Waals surface area contributed by atoms with Gasteiger partial charge in [0.2, 0.25) is 5.91 Å². The fourth-order valence-corrected chi connectivity index (χ4v) is 1.06. The molecule has 2 N–H and O–H groups in total. The first-order valence-corrected chi connectivity index (χ1v) is 4.59. The molecular formula is C5H11NO5S. The van der Waals surface area contributed by atoms with E-state index in [2.05, 4.69) is 8.37 Å². The third kappa shape index (κ3) is 6.08. The van der Waals surface area contributed by atoms with Crippen LogP contribution in [0.5, 0.6) is 0 Å². The van der Waals surface area contributed by atoms with Gasteiger partial charge >= 0.3 is 10.4 Å². The van der Waals surface area contributed by atoms with E-state index < -0.39 is 16.3 Å². The summed E-state index contributed by atoms with van der Waals surface area (Å²) in [5.74, 6) is -0.619. The summed E-state index contributed by atoms with van der Waals surface area (Å²) in [7, 11) is -3.98. The SMILES string of the molecule is [2H]NC(=O)CCOS(=O)(=O)OCC. The van der Waals surface area contributed by atoms with E-state index in [1.807, 2.05) is 0 Å². The quantitative estimate of drug-likeness (QED) is 0.600. The molecule has 0 saturated heterocycles. The van der Waals surface area contributed by atoms with Crippen molar-refractivity contribution >= 4 is 16.3 Å². The maximum absolute atomic E-state index is 10.7. The lowest BCUT2D eigenvalue weighted by Gasteiger charge is -2.01. The Morgan fingerprint density at radius 2 is 2.25 bits per heavy atom. The van der Waals surface area contributed by atoms with Gasteiger partial charge in [0.15, 0.2) is 1.41 Å². The van der Waals surface area contributed by atoms with Crippen LogP contribution in [0.15, 0.2) is 0 Å². The lowest BCUT2D eigenvalue weighted by Crippen LogP contribution is -2.17. The van der Waals surface area contributed by atoms with Gasteiger partial charge in [0.05, 0.1) is 19.6 Å². The normalized spacial score (nSPS) is 12.2. The van der Waals surface area contributed by atoms with E-state index >= 15 is 0 Å². The molecule has 72 valence electrons. The zero-order valence-corrected chi connectivity index (χ0v) is 7.39. The Hall–Kier alpha value is -0.660. The number of rotatable bonds is 6. The van der Waals surface area contributed by atoms with Crippen LogP contribution in [-0.2, 0) is 23.6 Å². The van der Waals surface area contributed by atoms with E-state index in [1.165, 1.54) is 6.92 Å². The number of nitrogens with two attached hydrogens (primary N) is 1. The molecule has 0 aliphatic rings. The highest BCUT2D eigenvalue weighted by Crippen LogP contribution is 1.95. The first-order chi connectivity index (χ1) is 6.02. The molecule has 0 heterocycles. The van der Waals surface area contributed by atoms with Gasteiger partial charge in [-0.3, -0.25) is 4.79 Å². The summed E-state index contributed by atoms with van der Waals surface area (Å²) < 4.78 is 36.2. The van der Waals surface area contributed by atoms with Crippen molar-refractivity contribution in [3.63, 3.8) is 0 Å². The van der Waals surface area contributed by atoms with Crippen LogP contribution in [0.2, 0.25) is 1.41 Å². The van der Waals surface area contributed by atoms with Crippen LogP contribution in [0.4, 0.5) is 0 Å². The summed E-state index contributed by atoms with van der Waals surface area (Å²) in [6.07, 6.45) is -0.199. The van der Waals surface area contributed by atoms with Crippen molar-refractivity contribution in [2.75, 3.05) is 13.2 Å². The fourth-order valence-electron chi connectivity index (χ4n) is 0.415. The van der Waals surface area contributed by atoms with E-state index in [1.54, 1.807) is 5.73 Å². The third-order valence-electron chi connectivity index (χ3n) is 0.819. The first kappa shape index (κ1) is 9.43. The number of carbonyl (C=O) groups is 1. The molecule has 0 bridgehead atoms. The average Bonchev–Trinajstić information content (AvgIpc) is 2.03. The monoisotopic (exact) mass is 198 g/mol. The predicted molar refractivity (Wildman–Crippen MR) is 40.3 cm³/mol. The van der Waals surface area contributed by atoms with Gasteiger partial charge in [-0.2, -0.15) is 8.42 Å². The minimum atomic E-state index is -3.98. The predicted octanol–water partition coefficient (Wildman–Crippen LogP) is -0.840. The van der Waals surface area contributed by atoms with E-state index in [-0.39, 0.29) is 19.6 Å². The number of amides is 1.